The number of carbonyl (C=O) groups is 6. The van der Waals surface area contributed by atoms with Crippen molar-refractivity contribution in [2.75, 3.05) is 6.61 Å². The fourth-order valence-electron chi connectivity index (χ4n) is 10.2. The van der Waals surface area contributed by atoms with Gasteiger partial charge in [-0.3, -0.25) is 19.2 Å². The zero-order valence-corrected chi connectivity index (χ0v) is 35.2. The molecule has 2 saturated carbocycles. The van der Waals surface area contributed by atoms with Gasteiger partial charge in [-0.25, -0.2) is 9.59 Å². The van der Waals surface area contributed by atoms with E-state index in [0.717, 1.165) is 13.8 Å². The highest BCUT2D eigenvalue weighted by Crippen LogP contribution is 2.64. The minimum Gasteiger partial charge on any atom is -0.456 e. The van der Waals surface area contributed by atoms with Gasteiger partial charge in [-0.2, -0.15) is 0 Å². The second-order valence-corrected chi connectivity index (χ2v) is 17.4. The number of fused-ring (bicyclic) bond motifs is 5. The lowest BCUT2D eigenvalue weighted by atomic mass is 9.44. The molecular formula is C47H51NO14. The molecule has 15 nitrogen and oxygen atoms in total. The Hall–Kier alpha value is -5.74. The zero-order chi connectivity index (χ0) is 44.9. The minimum absolute atomic E-state index is 0.00289. The van der Waals surface area contributed by atoms with Crippen molar-refractivity contribution in [2.24, 2.45) is 16.7 Å². The summed E-state index contributed by atoms with van der Waals surface area (Å²) in [5.41, 5.74) is -7.02. The van der Waals surface area contributed by atoms with E-state index < -0.39 is 113 Å². The lowest BCUT2D eigenvalue weighted by molar-refractivity contribution is -0.346. The molecule has 3 aliphatic carbocycles. The Labute approximate surface area is 358 Å². The van der Waals surface area contributed by atoms with Gasteiger partial charge in [0.25, 0.3) is 5.91 Å². The van der Waals surface area contributed by atoms with Gasteiger partial charge in [0.2, 0.25) is 0 Å². The van der Waals surface area contributed by atoms with E-state index in [9.17, 15) is 39.3 Å². The summed E-state index contributed by atoms with van der Waals surface area (Å²) < 4.78 is 30.3. The Morgan fingerprint density at radius 3 is 1.95 bits per heavy atom. The third kappa shape index (κ3) is 7.29. The van der Waals surface area contributed by atoms with E-state index in [0.29, 0.717) is 5.56 Å². The van der Waals surface area contributed by atoms with Gasteiger partial charge in [-0.05, 0) is 54.8 Å². The SMILES string of the molecule is CC(=O)O[C@H]1C(=O)[C@@]2(C)C([C@@H](OC(=O)c3ccccc3)[C@]3(O)C[C@@H](OC(=O)[C@H](O)[C@H](NC(=O)c4ccccc4)c4ccccc4)C(C)=C1C3(C)C)C1(OC(C)=O)CO[C@@H]1C[C@@H]2O. The Morgan fingerprint density at radius 1 is 0.823 bits per heavy atom. The number of esters is 4. The van der Waals surface area contributed by atoms with Crippen LogP contribution in [0, 0.1) is 16.7 Å². The highest BCUT2D eigenvalue weighted by molar-refractivity contribution is 5.96. The molecule has 4 N–H and O–H groups in total. The first-order valence-electron chi connectivity index (χ1n) is 20.5. The molecule has 1 amide bonds. The van der Waals surface area contributed by atoms with Gasteiger partial charge in [0.15, 0.2) is 23.6 Å². The Bertz CT molecular complexity index is 2280. The number of ether oxygens (including phenoxy) is 5. The molecule has 15 heteroatoms. The van der Waals surface area contributed by atoms with Crippen LogP contribution >= 0.6 is 0 Å². The van der Waals surface area contributed by atoms with Crippen LogP contribution in [-0.4, -0.2) is 105 Å². The molecule has 0 spiro atoms. The summed E-state index contributed by atoms with van der Waals surface area (Å²) >= 11 is 0. The van der Waals surface area contributed by atoms with Crippen LogP contribution in [0.4, 0.5) is 0 Å². The highest BCUT2D eigenvalue weighted by Gasteiger charge is 2.78. The molecule has 3 fully saturated rings. The number of aliphatic hydroxyl groups is 3. The van der Waals surface area contributed by atoms with Gasteiger partial charge in [-0.1, -0.05) is 80.6 Å². The fourth-order valence-corrected chi connectivity index (χ4v) is 10.2. The van der Waals surface area contributed by atoms with Crippen LogP contribution in [0.15, 0.2) is 102 Å². The van der Waals surface area contributed by atoms with Gasteiger partial charge in [-0.15, -0.1) is 0 Å². The van der Waals surface area contributed by atoms with Crippen molar-refractivity contribution in [1.82, 2.24) is 5.32 Å². The number of hydrogen-bond donors (Lipinski definition) is 4. The molecule has 1 saturated heterocycles. The van der Waals surface area contributed by atoms with Gasteiger partial charge < -0.3 is 44.3 Å². The molecule has 7 rings (SSSR count). The molecule has 0 radical (unpaired) electrons. The van der Waals surface area contributed by atoms with Crippen molar-refractivity contribution in [2.45, 2.75) is 108 Å². The quantitative estimate of drug-likeness (QED) is 0.130. The summed E-state index contributed by atoms with van der Waals surface area (Å²) in [5, 5.41) is 40.2. The maximum Gasteiger partial charge on any atom is 0.338 e. The summed E-state index contributed by atoms with van der Waals surface area (Å²) in [4.78, 5) is 83.5. The van der Waals surface area contributed by atoms with Gasteiger partial charge >= 0.3 is 23.9 Å². The molecule has 0 aromatic heterocycles. The van der Waals surface area contributed by atoms with Crippen LogP contribution in [0.25, 0.3) is 0 Å². The second-order valence-electron chi connectivity index (χ2n) is 17.4. The molecule has 328 valence electrons. The first-order valence-corrected chi connectivity index (χ1v) is 20.5. The second kappa shape index (κ2) is 16.5. The summed E-state index contributed by atoms with van der Waals surface area (Å²) in [6.07, 6.45) is -10.5. The third-order valence-electron chi connectivity index (χ3n) is 13.5. The van der Waals surface area contributed by atoms with Crippen molar-refractivity contribution in [3.63, 3.8) is 0 Å². The van der Waals surface area contributed by atoms with E-state index in [2.05, 4.69) is 5.32 Å². The number of Topliss-reactive ketones (excluding diaryl/α,β-unsaturated/α-hetero) is 1. The molecule has 2 unspecified atom stereocenters. The summed E-state index contributed by atoms with van der Waals surface area (Å²) in [6, 6.07) is 22.9. The summed E-state index contributed by atoms with van der Waals surface area (Å²) in [5.74, 6) is -6.84. The number of nitrogens with one attached hydrogen (secondary N) is 1. The molecule has 4 aliphatic rings. The van der Waals surface area contributed by atoms with Crippen LogP contribution < -0.4 is 5.32 Å². The zero-order valence-electron chi connectivity index (χ0n) is 35.2. The first kappa shape index (κ1) is 44.3. The molecule has 1 aliphatic heterocycles. The van der Waals surface area contributed by atoms with E-state index in [-0.39, 0.29) is 35.3 Å². The maximum atomic E-state index is 15.5. The molecule has 3 aromatic carbocycles. The van der Waals surface area contributed by atoms with Gasteiger partial charge in [0.1, 0.15) is 23.9 Å². The first-order chi connectivity index (χ1) is 29.3. The van der Waals surface area contributed by atoms with Crippen molar-refractivity contribution in [1.29, 1.82) is 0 Å². The number of hydrogen-bond acceptors (Lipinski definition) is 14. The molecule has 11 atom stereocenters. The van der Waals surface area contributed by atoms with Crippen LogP contribution in [0.5, 0.6) is 0 Å². The lowest BCUT2D eigenvalue weighted by Gasteiger charge is -2.67. The maximum absolute atomic E-state index is 15.5. The predicted octanol–water partition coefficient (Wildman–Crippen LogP) is 3.74. The topological polar surface area (TPSA) is 221 Å². The average Bonchev–Trinajstić information content (AvgIpc) is 3.24. The van der Waals surface area contributed by atoms with Crippen LogP contribution in [-0.2, 0) is 42.9 Å². The van der Waals surface area contributed by atoms with Gasteiger partial charge in [0.05, 0.1) is 35.6 Å². The number of carbonyl (C=O) groups excluding carboxylic acids is 6. The van der Waals surface area contributed by atoms with E-state index >= 15 is 4.79 Å². The minimum atomic E-state index is -2.39. The Kier molecular flexibility index (Phi) is 11.8. The van der Waals surface area contributed by atoms with Crippen LogP contribution in [0.1, 0.15) is 86.7 Å². The largest absolute Gasteiger partial charge is 0.456 e. The molecule has 62 heavy (non-hydrogen) atoms. The van der Waals surface area contributed by atoms with Crippen LogP contribution in [0.3, 0.4) is 0 Å². The third-order valence-corrected chi connectivity index (χ3v) is 13.5. The van der Waals surface area contributed by atoms with E-state index in [1.54, 1.807) is 92.7 Å². The van der Waals surface area contributed by atoms with E-state index in [1.807, 2.05) is 0 Å². The average molecular weight is 854 g/mol. The monoisotopic (exact) mass is 853 g/mol. The number of ketones is 1. The number of rotatable bonds is 10. The number of amides is 1. The predicted molar refractivity (Wildman–Crippen MR) is 218 cm³/mol. The standard InChI is InChI=1S/C47H51NO14/c1-25-31(60-43(56)36(52)35(28-16-10-7-11-17-28)48-41(54)29-18-12-8-13-19-29)23-47(57)40(61-42(55)30-20-14-9-15-21-30)38-45(6,32(51)22-33-46(38,24-58-33)62-27(3)50)39(53)37(59-26(2)49)34(25)44(47,4)5/h7-21,31-33,35-38,40,51-52,57H,22-24H2,1-6H3,(H,48,54)/t31-,32+,33-,35-,36-,37-,38?,40-,45-,46?,47-/m1/s1. The lowest BCUT2D eigenvalue weighted by Crippen LogP contribution is -2.82. The normalized spacial score (nSPS) is 31.9. The number of benzene rings is 3. The fraction of sp³-hybridized carbons (Fsp3) is 0.447. The summed E-state index contributed by atoms with van der Waals surface area (Å²) in [6.45, 7) is 7.97. The van der Waals surface area contributed by atoms with E-state index in [1.165, 1.54) is 26.0 Å². The van der Waals surface area contributed by atoms with Gasteiger partial charge in [0, 0.05) is 37.7 Å². The van der Waals surface area contributed by atoms with Crippen molar-refractivity contribution in [3.8, 4) is 0 Å². The van der Waals surface area contributed by atoms with Crippen molar-refractivity contribution >= 4 is 35.6 Å². The molecule has 3 aromatic rings. The van der Waals surface area contributed by atoms with Crippen LogP contribution in [0.2, 0.25) is 0 Å². The Morgan fingerprint density at radius 2 is 1.40 bits per heavy atom. The summed E-state index contributed by atoms with van der Waals surface area (Å²) in [7, 11) is 0. The Balaban J connectivity index is 1.39. The smallest absolute Gasteiger partial charge is 0.338 e. The highest BCUT2D eigenvalue weighted by atomic mass is 16.6. The molecular weight excluding hydrogens is 803 g/mol. The van der Waals surface area contributed by atoms with Crippen molar-refractivity contribution in [3.05, 3.63) is 119 Å². The molecule has 1 heterocycles. The van der Waals surface area contributed by atoms with Crippen molar-refractivity contribution < 1.29 is 67.8 Å². The molecule has 2 bridgehead atoms. The number of aliphatic hydroxyl groups excluding tert-OH is 2. The van der Waals surface area contributed by atoms with E-state index in [4.69, 9.17) is 23.7 Å².